The monoisotopic (exact) mass is 892 g/mol. The molecule has 0 amide bonds. The smallest absolute Gasteiger partial charge is 0 e. The first-order chi connectivity index (χ1) is 0. The van der Waals surface area contributed by atoms with E-state index in [2.05, 4.69) is 0 Å². The third kappa shape index (κ3) is 58.4. The van der Waals surface area contributed by atoms with Crippen molar-refractivity contribution in [1.29, 1.82) is 0 Å². The van der Waals surface area contributed by atoms with E-state index in [9.17, 15) is 0 Å². The standard InChI is InChI=1S/4Al.Ti.4W/q;;;;+4;;;;. The van der Waals surface area contributed by atoms with Crippen LogP contribution in [-0.2, 0) is 106 Å². The van der Waals surface area contributed by atoms with E-state index in [-0.39, 0.29) is 175 Å². The number of hydrogen-bond donors (Lipinski definition) is 0. The molecule has 0 N–H and O–H groups in total. The molecule has 0 saturated carbocycles. The molecular formula is Al4TiW4+4. The summed E-state index contributed by atoms with van der Waals surface area (Å²) in [6.07, 6.45) is 0. The summed E-state index contributed by atoms with van der Waals surface area (Å²) in [7, 11) is 0. The van der Waals surface area contributed by atoms with Crippen LogP contribution in [0.1, 0.15) is 0 Å². The van der Waals surface area contributed by atoms with Crippen LogP contribution in [-0.4, -0.2) is 69.4 Å². The van der Waals surface area contributed by atoms with E-state index in [1.54, 1.807) is 0 Å². The Morgan fingerprint density at radius 2 is 0.333 bits per heavy atom. The molecule has 0 rings (SSSR count). The zero-order valence-electron chi connectivity index (χ0n) is 4.44. The van der Waals surface area contributed by atoms with Gasteiger partial charge in [0.15, 0.2) is 0 Å². The Labute approximate surface area is 171 Å². The molecule has 0 aromatic rings. The summed E-state index contributed by atoms with van der Waals surface area (Å²) in [6, 6.07) is 0. The molecule has 9 heavy (non-hydrogen) atoms. The zero-order valence-corrected chi connectivity index (χ0v) is 22.4. The summed E-state index contributed by atoms with van der Waals surface area (Å²) in [5.41, 5.74) is 0. The topological polar surface area (TPSA) is 0 Å². The van der Waals surface area contributed by atoms with Crippen molar-refractivity contribution >= 4 is 69.4 Å². The minimum atomic E-state index is 0. The first-order valence-electron chi connectivity index (χ1n) is 0. The second-order valence-electron chi connectivity index (χ2n) is 0. The van der Waals surface area contributed by atoms with Crippen molar-refractivity contribution in [2.45, 2.75) is 0 Å². The van der Waals surface area contributed by atoms with Crippen LogP contribution in [0.2, 0.25) is 0 Å². The van der Waals surface area contributed by atoms with E-state index in [0.29, 0.717) is 0 Å². The van der Waals surface area contributed by atoms with Crippen LogP contribution < -0.4 is 0 Å². The fraction of sp³-hybridized carbons (Fsp3) is 0. The third-order valence-corrected chi connectivity index (χ3v) is 0. The molecule has 0 fully saturated rings. The second-order valence-corrected chi connectivity index (χ2v) is 0. The fourth-order valence-electron chi connectivity index (χ4n) is 0. The molecular weight excluding hydrogens is 891 g/mol. The Balaban J connectivity index is 0. The van der Waals surface area contributed by atoms with E-state index in [1.165, 1.54) is 0 Å². The van der Waals surface area contributed by atoms with Gasteiger partial charge in [-0.1, -0.05) is 0 Å². The molecule has 12 radical (unpaired) electrons. The van der Waals surface area contributed by atoms with Crippen molar-refractivity contribution in [3.63, 3.8) is 0 Å². The second kappa shape index (κ2) is 68.9. The van der Waals surface area contributed by atoms with E-state index in [0.717, 1.165) is 0 Å². The minimum absolute atomic E-state index is 0. The normalized spacial score (nSPS) is 0. The van der Waals surface area contributed by atoms with Gasteiger partial charge in [0.05, 0.1) is 0 Å². The molecule has 0 atom stereocenters. The summed E-state index contributed by atoms with van der Waals surface area (Å²) in [5.74, 6) is 0. The minimum Gasteiger partial charge on any atom is 0 e. The predicted octanol–water partition coefficient (Wildman–Crippen LogP) is -1.54. The van der Waals surface area contributed by atoms with Gasteiger partial charge in [-0.15, -0.1) is 0 Å². The predicted molar refractivity (Wildman–Crippen MR) is 23.0 cm³/mol. The van der Waals surface area contributed by atoms with Crippen LogP contribution >= 0.6 is 0 Å². The first kappa shape index (κ1) is 86.1. The quantitative estimate of drug-likeness (QED) is 0.260. The first-order valence-corrected chi connectivity index (χ1v) is 0. The average Bonchev–Trinajstić information content (AvgIpc) is 0. The largest absolute Gasteiger partial charge is 4.00 e. The Morgan fingerprint density at radius 1 is 0.333 bits per heavy atom. The number of rotatable bonds is 0. The van der Waals surface area contributed by atoms with Crippen LogP contribution in [0, 0.1) is 0 Å². The Bertz CT molecular complexity index is 12.5. The molecule has 36 valence electrons. The summed E-state index contributed by atoms with van der Waals surface area (Å²) in [6.45, 7) is 0. The van der Waals surface area contributed by atoms with Crippen LogP contribution in [0.25, 0.3) is 0 Å². The molecule has 0 aromatic carbocycles. The van der Waals surface area contributed by atoms with Crippen LogP contribution in [0.5, 0.6) is 0 Å². The van der Waals surface area contributed by atoms with Crippen molar-refractivity contribution in [2.75, 3.05) is 0 Å². The van der Waals surface area contributed by atoms with Gasteiger partial charge >= 0.3 is 21.7 Å². The van der Waals surface area contributed by atoms with Crippen LogP contribution in [0.3, 0.4) is 0 Å². The van der Waals surface area contributed by atoms with E-state index in [1.807, 2.05) is 0 Å². The van der Waals surface area contributed by atoms with Gasteiger partial charge in [0, 0.05) is 154 Å². The molecule has 0 aromatic heterocycles. The summed E-state index contributed by atoms with van der Waals surface area (Å²) >= 11 is 0. The SMILES string of the molecule is [Al].[Al].[Al].[Al].[Ti+4].[W].[W].[W].[W]. The van der Waals surface area contributed by atoms with Crippen molar-refractivity contribution in [2.24, 2.45) is 0 Å². The molecule has 9 heteroatoms. The summed E-state index contributed by atoms with van der Waals surface area (Å²) in [4.78, 5) is 0. The van der Waals surface area contributed by atoms with Crippen molar-refractivity contribution in [3.05, 3.63) is 0 Å². The van der Waals surface area contributed by atoms with Gasteiger partial charge in [-0.05, 0) is 0 Å². The van der Waals surface area contributed by atoms with Gasteiger partial charge in [-0.25, -0.2) is 0 Å². The van der Waals surface area contributed by atoms with Gasteiger partial charge < -0.3 is 0 Å². The van der Waals surface area contributed by atoms with E-state index >= 15 is 0 Å². The van der Waals surface area contributed by atoms with Crippen molar-refractivity contribution in [1.82, 2.24) is 0 Å². The van der Waals surface area contributed by atoms with Gasteiger partial charge in [0.1, 0.15) is 0 Å². The maximum Gasteiger partial charge on any atom is 4.00 e. The Kier molecular flexibility index (Phi) is 659. The molecule has 0 spiro atoms. The zero-order chi connectivity index (χ0) is 0. The van der Waals surface area contributed by atoms with E-state index in [4.69, 9.17) is 0 Å². The molecule has 0 unspecified atom stereocenters. The fourth-order valence-corrected chi connectivity index (χ4v) is 0. The summed E-state index contributed by atoms with van der Waals surface area (Å²) < 4.78 is 0. The Morgan fingerprint density at radius 3 is 0.333 bits per heavy atom. The number of hydrogen-bond acceptors (Lipinski definition) is 0. The third-order valence-electron chi connectivity index (χ3n) is 0. The van der Waals surface area contributed by atoms with Crippen molar-refractivity contribution in [3.8, 4) is 0 Å². The maximum absolute atomic E-state index is 0. The molecule has 0 bridgehead atoms. The summed E-state index contributed by atoms with van der Waals surface area (Å²) in [5, 5.41) is 0. The van der Waals surface area contributed by atoms with Gasteiger partial charge in [0.25, 0.3) is 0 Å². The Hall–Kier alpha value is 5.60. The van der Waals surface area contributed by atoms with Crippen LogP contribution in [0.15, 0.2) is 0 Å². The van der Waals surface area contributed by atoms with E-state index < -0.39 is 0 Å². The average molecular weight is 891 g/mol. The maximum atomic E-state index is 0. The molecule has 0 saturated heterocycles. The molecule has 0 aliphatic carbocycles. The van der Waals surface area contributed by atoms with Crippen molar-refractivity contribution < 1.29 is 106 Å². The molecule has 0 heterocycles. The molecule has 0 aliphatic heterocycles. The molecule has 0 nitrogen and oxygen atoms in total. The molecule has 0 aliphatic rings. The van der Waals surface area contributed by atoms with Crippen LogP contribution in [0.4, 0.5) is 0 Å². The van der Waals surface area contributed by atoms with Gasteiger partial charge in [-0.2, -0.15) is 0 Å². The van der Waals surface area contributed by atoms with Gasteiger partial charge in [0.2, 0.25) is 0 Å². The van der Waals surface area contributed by atoms with Gasteiger partial charge in [-0.3, -0.25) is 0 Å².